The maximum Gasteiger partial charge on any atom is 0.0914 e. The monoisotopic (exact) mass is 255 g/mol. The lowest BCUT2D eigenvalue weighted by Crippen LogP contribution is -2.54. The molecule has 1 unspecified atom stereocenters. The summed E-state index contributed by atoms with van der Waals surface area (Å²) in [5, 5.41) is 23.2. The van der Waals surface area contributed by atoms with E-state index < -0.39 is 6.10 Å². The van der Waals surface area contributed by atoms with Gasteiger partial charge in [-0.2, -0.15) is 0 Å². The Morgan fingerprint density at radius 1 is 1.29 bits per heavy atom. The summed E-state index contributed by atoms with van der Waals surface area (Å²) in [6.45, 7) is 0.600. The van der Waals surface area contributed by atoms with E-state index in [2.05, 4.69) is 5.32 Å². The molecule has 94 valence electrons. The highest BCUT2D eigenvalue weighted by atomic mass is 35.5. The molecule has 1 aromatic carbocycles. The van der Waals surface area contributed by atoms with E-state index in [4.69, 9.17) is 11.6 Å². The maximum absolute atomic E-state index is 10.0. The Morgan fingerprint density at radius 3 is 2.41 bits per heavy atom. The van der Waals surface area contributed by atoms with Crippen molar-refractivity contribution in [1.29, 1.82) is 0 Å². The van der Waals surface area contributed by atoms with Crippen LogP contribution in [0.2, 0.25) is 5.02 Å². The van der Waals surface area contributed by atoms with Crippen molar-refractivity contribution in [3.05, 3.63) is 34.9 Å². The highest BCUT2D eigenvalue weighted by Crippen LogP contribution is 2.31. The van der Waals surface area contributed by atoms with Crippen molar-refractivity contribution in [1.82, 2.24) is 5.32 Å². The van der Waals surface area contributed by atoms with E-state index in [9.17, 15) is 10.2 Å². The van der Waals surface area contributed by atoms with Crippen LogP contribution in [0.3, 0.4) is 0 Å². The van der Waals surface area contributed by atoms with E-state index >= 15 is 0 Å². The summed E-state index contributed by atoms with van der Waals surface area (Å²) in [6.07, 6.45) is 2.55. The molecule has 3 nitrogen and oxygen atoms in total. The van der Waals surface area contributed by atoms with Crippen LogP contribution in [0.25, 0.3) is 0 Å². The first kappa shape index (κ1) is 12.8. The van der Waals surface area contributed by atoms with Gasteiger partial charge < -0.3 is 15.5 Å². The summed E-state index contributed by atoms with van der Waals surface area (Å²) in [7, 11) is 0. The molecule has 1 saturated carbocycles. The van der Waals surface area contributed by atoms with Gasteiger partial charge in [0.25, 0.3) is 0 Å². The van der Waals surface area contributed by atoms with E-state index in [1.54, 1.807) is 12.1 Å². The Bertz CT molecular complexity index is 357. The van der Waals surface area contributed by atoms with Crippen LogP contribution in [0.15, 0.2) is 24.3 Å². The normalized spacial score (nSPS) is 19.7. The summed E-state index contributed by atoms with van der Waals surface area (Å²) in [4.78, 5) is 0. The fraction of sp³-hybridized carbons (Fsp3) is 0.538. The van der Waals surface area contributed by atoms with E-state index in [-0.39, 0.29) is 12.1 Å². The first-order chi connectivity index (χ1) is 8.15. The number of halogens is 1. The third kappa shape index (κ3) is 2.99. The topological polar surface area (TPSA) is 52.5 Å². The zero-order chi connectivity index (χ0) is 12.3. The summed E-state index contributed by atoms with van der Waals surface area (Å²) in [6, 6.07) is 7.18. The molecular formula is C13H18ClNO2. The van der Waals surface area contributed by atoms with Gasteiger partial charge in [0.05, 0.1) is 12.7 Å². The second-order valence-corrected chi connectivity index (χ2v) is 5.18. The lowest BCUT2D eigenvalue weighted by atomic mass is 9.77. The van der Waals surface area contributed by atoms with Gasteiger partial charge in [0.15, 0.2) is 0 Å². The first-order valence-electron chi connectivity index (χ1n) is 5.95. The molecular weight excluding hydrogens is 238 g/mol. The average molecular weight is 256 g/mol. The van der Waals surface area contributed by atoms with Crippen molar-refractivity contribution < 1.29 is 10.2 Å². The van der Waals surface area contributed by atoms with Crippen molar-refractivity contribution in [3.63, 3.8) is 0 Å². The zero-order valence-corrected chi connectivity index (χ0v) is 10.5. The molecule has 1 atom stereocenters. The van der Waals surface area contributed by atoms with E-state index in [1.807, 2.05) is 12.1 Å². The number of rotatable bonds is 5. The van der Waals surface area contributed by atoms with Gasteiger partial charge in [-0.1, -0.05) is 23.7 Å². The van der Waals surface area contributed by atoms with Crippen LogP contribution < -0.4 is 5.32 Å². The number of aliphatic hydroxyl groups excluding tert-OH is 2. The van der Waals surface area contributed by atoms with Gasteiger partial charge in [-0.05, 0) is 37.0 Å². The molecule has 1 aliphatic rings. The molecule has 0 bridgehead atoms. The molecule has 0 saturated heterocycles. The van der Waals surface area contributed by atoms with Crippen LogP contribution in [0.5, 0.6) is 0 Å². The Labute approximate surface area is 106 Å². The van der Waals surface area contributed by atoms with Gasteiger partial charge in [0, 0.05) is 17.1 Å². The van der Waals surface area contributed by atoms with Gasteiger partial charge in [0.2, 0.25) is 0 Å². The molecule has 1 aromatic rings. The minimum absolute atomic E-state index is 0.139. The van der Waals surface area contributed by atoms with Gasteiger partial charge in [0.1, 0.15) is 0 Å². The highest BCUT2D eigenvalue weighted by Gasteiger charge is 2.36. The molecule has 2 rings (SSSR count). The van der Waals surface area contributed by atoms with Crippen molar-refractivity contribution in [2.75, 3.05) is 13.2 Å². The SMILES string of the molecule is OCC1(NCC(O)c2ccc(Cl)cc2)CCC1. The van der Waals surface area contributed by atoms with E-state index in [0.717, 1.165) is 24.8 Å². The fourth-order valence-corrected chi connectivity index (χ4v) is 2.24. The minimum Gasteiger partial charge on any atom is -0.394 e. The van der Waals surface area contributed by atoms with Crippen molar-refractivity contribution in [2.24, 2.45) is 0 Å². The lowest BCUT2D eigenvalue weighted by molar-refractivity contribution is 0.0687. The summed E-state index contributed by atoms with van der Waals surface area (Å²) < 4.78 is 0. The van der Waals surface area contributed by atoms with Gasteiger partial charge in [-0.3, -0.25) is 0 Å². The number of nitrogens with one attached hydrogen (secondary N) is 1. The molecule has 0 amide bonds. The van der Waals surface area contributed by atoms with Crippen LogP contribution in [-0.2, 0) is 0 Å². The molecule has 1 aliphatic carbocycles. The van der Waals surface area contributed by atoms with Gasteiger partial charge >= 0.3 is 0 Å². The Morgan fingerprint density at radius 2 is 1.94 bits per heavy atom. The van der Waals surface area contributed by atoms with Crippen LogP contribution in [0.4, 0.5) is 0 Å². The smallest absolute Gasteiger partial charge is 0.0914 e. The number of β-amino-alcohol motifs (C(OH)–C–C–N with tert-alkyl or cyclic N) is 1. The third-order valence-electron chi connectivity index (χ3n) is 3.54. The highest BCUT2D eigenvalue weighted by molar-refractivity contribution is 6.30. The Hall–Kier alpha value is -0.610. The van der Waals surface area contributed by atoms with Gasteiger partial charge in [-0.25, -0.2) is 0 Å². The molecule has 17 heavy (non-hydrogen) atoms. The molecule has 0 heterocycles. The fourth-order valence-electron chi connectivity index (χ4n) is 2.11. The van der Waals surface area contributed by atoms with Crippen molar-refractivity contribution in [3.8, 4) is 0 Å². The number of benzene rings is 1. The van der Waals surface area contributed by atoms with Crippen LogP contribution in [0, 0.1) is 0 Å². The van der Waals surface area contributed by atoms with Gasteiger partial charge in [-0.15, -0.1) is 0 Å². The summed E-state index contributed by atoms with van der Waals surface area (Å²) in [5.41, 5.74) is 0.683. The molecule has 0 aromatic heterocycles. The first-order valence-corrected chi connectivity index (χ1v) is 6.32. The van der Waals surface area contributed by atoms with Crippen LogP contribution in [0.1, 0.15) is 30.9 Å². The standard InChI is InChI=1S/C13H18ClNO2/c14-11-4-2-10(3-5-11)12(17)8-15-13(9-16)6-1-7-13/h2-5,12,15-17H,1,6-9H2. The molecule has 4 heteroatoms. The van der Waals surface area contributed by atoms with Crippen molar-refractivity contribution in [2.45, 2.75) is 30.9 Å². The lowest BCUT2D eigenvalue weighted by Gasteiger charge is -2.41. The summed E-state index contributed by atoms with van der Waals surface area (Å²) >= 11 is 5.79. The minimum atomic E-state index is -0.559. The van der Waals surface area contributed by atoms with Crippen molar-refractivity contribution >= 4 is 11.6 Å². The largest absolute Gasteiger partial charge is 0.394 e. The molecule has 1 fully saturated rings. The van der Waals surface area contributed by atoms with Crippen LogP contribution in [-0.4, -0.2) is 28.9 Å². The van der Waals surface area contributed by atoms with E-state index in [1.165, 1.54) is 0 Å². The second kappa shape index (κ2) is 5.36. The molecule has 0 spiro atoms. The predicted octanol–water partition coefficient (Wildman–Crippen LogP) is 1.88. The summed E-state index contributed by atoms with van der Waals surface area (Å²) in [5.74, 6) is 0. The Kier molecular flexibility index (Phi) is 4.05. The number of hydrogen-bond donors (Lipinski definition) is 3. The molecule has 0 radical (unpaired) electrons. The molecule has 0 aliphatic heterocycles. The quantitative estimate of drug-likeness (QED) is 0.753. The average Bonchev–Trinajstić information content (AvgIpc) is 2.29. The molecule has 3 N–H and O–H groups in total. The second-order valence-electron chi connectivity index (χ2n) is 4.74. The zero-order valence-electron chi connectivity index (χ0n) is 9.69. The third-order valence-corrected chi connectivity index (χ3v) is 3.79. The van der Waals surface area contributed by atoms with E-state index in [0.29, 0.717) is 11.6 Å². The Balaban J connectivity index is 1.88. The maximum atomic E-state index is 10.0. The number of hydrogen-bond acceptors (Lipinski definition) is 3. The van der Waals surface area contributed by atoms with Crippen LogP contribution >= 0.6 is 11.6 Å². The number of aliphatic hydroxyl groups is 2. The predicted molar refractivity (Wildman–Crippen MR) is 68.1 cm³/mol.